The third-order valence-corrected chi connectivity index (χ3v) is 2.43. The molecule has 1 aromatic heterocycles. The molecule has 0 aliphatic heterocycles. The molecule has 0 amide bonds. The minimum atomic E-state index is -4.75. The Kier molecular flexibility index (Phi) is 4.46. The zero-order valence-electron chi connectivity index (χ0n) is 11.0. The summed E-state index contributed by atoms with van der Waals surface area (Å²) in [5.74, 6) is 0.300. The molecule has 0 radical (unpaired) electrons. The third-order valence-electron chi connectivity index (χ3n) is 2.43. The molecule has 1 N–H and O–H groups in total. The second-order valence-electron chi connectivity index (χ2n) is 3.99. The lowest BCUT2D eigenvalue weighted by molar-refractivity contribution is -0.274. The number of hydrogen-bond acceptors (Lipinski definition) is 5. The maximum Gasteiger partial charge on any atom is 0.573 e. The molecule has 0 aliphatic rings. The molecule has 0 atom stereocenters. The standard InChI is InChI=1S/C13H12F3N3O2/c1-20-10-5-9(6-11(7-10)21-13(14,15)16)8-19-12-17-3-2-4-18-12/h2-7H,8H2,1H3,(H,17,18,19). The maximum absolute atomic E-state index is 12.3. The highest BCUT2D eigenvalue weighted by atomic mass is 19.4. The van der Waals surface area contributed by atoms with Crippen molar-refractivity contribution in [3.63, 3.8) is 0 Å². The lowest BCUT2D eigenvalue weighted by Crippen LogP contribution is -2.17. The Balaban J connectivity index is 2.13. The number of rotatable bonds is 5. The summed E-state index contributed by atoms with van der Waals surface area (Å²) in [4.78, 5) is 7.91. The average molecular weight is 299 g/mol. The van der Waals surface area contributed by atoms with E-state index >= 15 is 0 Å². The van der Waals surface area contributed by atoms with Gasteiger partial charge < -0.3 is 14.8 Å². The van der Waals surface area contributed by atoms with Crippen LogP contribution in [0.15, 0.2) is 36.7 Å². The fourth-order valence-electron chi connectivity index (χ4n) is 1.61. The van der Waals surface area contributed by atoms with Gasteiger partial charge in [0.25, 0.3) is 0 Å². The minimum absolute atomic E-state index is 0.232. The normalized spacial score (nSPS) is 11.0. The van der Waals surface area contributed by atoms with E-state index in [-0.39, 0.29) is 18.0 Å². The van der Waals surface area contributed by atoms with Crippen LogP contribution in [0.3, 0.4) is 0 Å². The number of alkyl halides is 3. The van der Waals surface area contributed by atoms with E-state index in [1.165, 1.54) is 13.2 Å². The molecule has 112 valence electrons. The topological polar surface area (TPSA) is 56.3 Å². The van der Waals surface area contributed by atoms with Gasteiger partial charge in [-0.15, -0.1) is 13.2 Å². The Morgan fingerprint density at radius 2 is 1.76 bits per heavy atom. The van der Waals surface area contributed by atoms with Gasteiger partial charge in [0, 0.05) is 25.0 Å². The quantitative estimate of drug-likeness (QED) is 0.919. The second kappa shape index (κ2) is 6.29. The molecule has 2 aromatic rings. The van der Waals surface area contributed by atoms with Crippen molar-refractivity contribution in [3.8, 4) is 11.5 Å². The summed E-state index contributed by atoms with van der Waals surface area (Å²) in [5, 5.41) is 2.89. The number of aromatic nitrogens is 2. The number of benzene rings is 1. The van der Waals surface area contributed by atoms with Crippen LogP contribution in [0.4, 0.5) is 19.1 Å². The Bertz CT molecular complexity index is 591. The molecule has 0 bridgehead atoms. The molecule has 2 rings (SSSR count). The van der Waals surface area contributed by atoms with Crippen molar-refractivity contribution in [1.29, 1.82) is 0 Å². The molecule has 0 saturated heterocycles. The smallest absolute Gasteiger partial charge is 0.497 e. The largest absolute Gasteiger partial charge is 0.573 e. The van der Waals surface area contributed by atoms with Crippen LogP contribution in [0.1, 0.15) is 5.56 Å². The van der Waals surface area contributed by atoms with Crippen molar-refractivity contribution >= 4 is 5.95 Å². The molecule has 0 fully saturated rings. The highest BCUT2D eigenvalue weighted by Gasteiger charge is 2.31. The Morgan fingerprint density at radius 1 is 1.10 bits per heavy atom. The van der Waals surface area contributed by atoms with Crippen LogP contribution in [0.25, 0.3) is 0 Å². The fourth-order valence-corrected chi connectivity index (χ4v) is 1.61. The van der Waals surface area contributed by atoms with Gasteiger partial charge in [-0.3, -0.25) is 0 Å². The molecule has 1 heterocycles. The molecule has 1 aromatic carbocycles. The van der Waals surface area contributed by atoms with Crippen LogP contribution in [0.5, 0.6) is 11.5 Å². The van der Waals surface area contributed by atoms with Crippen LogP contribution < -0.4 is 14.8 Å². The van der Waals surface area contributed by atoms with Crippen LogP contribution in [-0.4, -0.2) is 23.4 Å². The summed E-state index contributed by atoms with van der Waals surface area (Å²) in [7, 11) is 1.37. The summed E-state index contributed by atoms with van der Waals surface area (Å²) in [6.45, 7) is 0.232. The van der Waals surface area contributed by atoms with Gasteiger partial charge in [0.05, 0.1) is 7.11 Å². The number of hydrogen-bond donors (Lipinski definition) is 1. The van der Waals surface area contributed by atoms with E-state index in [9.17, 15) is 13.2 Å². The Hall–Kier alpha value is -2.51. The average Bonchev–Trinajstić information content (AvgIpc) is 2.44. The highest BCUT2D eigenvalue weighted by molar-refractivity contribution is 5.40. The third kappa shape index (κ3) is 4.83. The number of nitrogens with one attached hydrogen (secondary N) is 1. The van der Waals surface area contributed by atoms with E-state index in [1.807, 2.05) is 0 Å². The fraction of sp³-hybridized carbons (Fsp3) is 0.231. The van der Waals surface area contributed by atoms with Gasteiger partial charge in [0.1, 0.15) is 11.5 Å². The second-order valence-corrected chi connectivity index (χ2v) is 3.99. The van der Waals surface area contributed by atoms with Crippen LogP contribution in [-0.2, 0) is 6.54 Å². The first-order valence-corrected chi connectivity index (χ1v) is 5.91. The summed E-state index contributed by atoms with van der Waals surface area (Å²) in [5.41, 5.74) is 0.543. The number of anilines is 1. The van der Waals surface area contributed by atoms with E-state index in [0.717, 1.165) is 6.07 Å². The SMILES string of the molecule is COc1cc(CNc2ncccn2)cc(OC(F)(F)F)c1. The predicted octanol–water partition coefficient (Wildman–Crippen LogP) is 3.00. The first-order chi connectivity index (χ1) is 9.96. The van der Waals surface area contributed by atoms with Gasteiger partial charge in [-0.25, -0.2) is 9.97 Å². The molecular formula is C13H12F3N3O2. The Labute approximate surface area is 118 Å². The van der Waals surface area contributed by atoms with E-state index in [4.69, 9.17) is 4.74 Å². The zero-order valence-corrected chi connectivity index (χ0v) is 11.0. The summed E-state index contributed by atoms with van der Waals surface area (Å²) in [6.07, 6.45) is -1.64. The predicted molar refractivity (Wildman–Crippen MR) is 69.0 cm³/mol. The van der Waals surface area contributed by atoms with Crippen molar-refractivity contribution in [1.82, 2.24) is 9.97 Å². The van der Waals surface area contributed by atoms with Gasteiger partial charge in [-0.1, -0.05) is 0 Å². The van der Waals surface area contributed by atoms with Gasteiger partial charge >= 0.3 is 6.36 Å². The van der Waals surface area contributed by atoms with Gasteiger partial charge in [0.2, 0.25) is 5.95 Å². The first kappa shape index (κ1) is 14.9. The molecule has 0 spiro atoms. The number of methoxy groups -OCH3 is 1. The van der Waals surface area contributed by atoms with Crippen molar-refractivity contribution in [2.45, 2.75) is 12.9 Å². The van der Waals surface area contributed by atoms with E-state index in [2.05, 4.69) is 20.0 Å². The molecular weight excluding hydrogens is 287 g/mol. The molecule has 8 heteroatoms. The zero-order chi connectivity index (χ0) is 15.3. The van der Waals surface area contributed by atoms with Gasteiger partial charge in [0.15, 0.2) is 0 Å². The van der Waals surface area contributed by atoms with Crippen LogP contribution in [0, 0.1) is 0 Å². The van der Waals surface area contributed by atoms with Crippen molar-refractivity contribution in [2.24, 2.45) is 0 Å². The number of nitrogens with zero attached hydrogens (tertiary/aromatic N) is 2. The summed E-state index contributed by atoms with van der Waals surface area (Å²) < 4.78 is 45.6. The monoisotopic (exact) mass is 299 g/mol. The van der Waals surface area contributed by atoms with Gasteiger partial charge in [-0.2, -0.15) is 0 Å². The van der Waals surface area contributed by atoms with E-state index < -0.39 is 6.36 Å². The highest BCUT2D eigenvalue weighted by Crippen LogP contribution is 2.28. The summed E-state index contributed by atoms with van der Waals surface area (Å²) >= 11 is 0. The lowest BCUT2D eigenvalue weighted by atomic mass is 10.2. The van der Waals surface area contributed by atoms with Crippen LogP contribution >= 0.6 is 0 Å². The maximum atomic E-state index is 12.3. The number of halogens is 3. The first-order valence-electron chi connectivity index (χ1n) is 5.91. The Morgan fingerprint density at radius 3 is 2.38 bits per heavy atom. The molecule has 5 nitrogen and oxygen atoms in total. The minimum Gasteiger partial charge on any atom is -0.497 e. The lowest BCUT2D eigenvalue weighted by Gasteiger charge is -2.12. The van der Waals surface area contributed by atoms with E-state index in [1.54, 1.807) is 24.5 Å². The van der Waals surface area contributed by atoms with Crippen molar-refractivity contribution in [3.05, 3.63) is 42.2 Å². The molecule has 0 aliphatic carbocycles. The van der Waals surface area contributed by atoms with Crippen molar-refractivity contribution < 1.29 is 22.6 Å². The molecule has 0 saturated carbocycles. The van der Waals surface area contributed by atoms with Crippen LogP contribution in [0.2, 0.25) is 0 Å². The molecule has 0 unspecified atom stereocenters. The van der Waals surface area contributed by atoms with Gasteiger partial charge in [-0.05, 0) is 23.8 Å². The molecule has 21 heavy (non-hydrogen) atoms. The number of ether oxygens (including phenoxy) is 2. The summed E-state index contributed by atoms with van der Waals surface area (Å²) in [6, 6.07) is 5.69. The van der Waals surface area contributed by atoms with E-state index in [0.29, 0.717) is 11.5 Å². The van der Waals surface area contributed by atoms with Crippen molar-refractivity contribution in [2.75, 3.05) is 12.4 Å².